The summed E-state index contributed by atoms with van der Waals surface area (Å²) in [6.45, 7) is 1.62. The number of fused-ring (bicyclic) bond motifs is 2. The molecule has 7 nitrogen and oxygen atoms in total. The highest BCUT2D eigenvalue weighted by atomic mass is 16.3. The first kappa shape index (κ1) is 16.0. The van der Waals surface area contributed by atoms with Gasteiger partial charge in [0.2, 0.25) is 5.91 Å². The van der Waals surface area contributed by atoms with Crippen LogP contribution in [-0.4, -0.2) is 20.9 Å². The van der Waals surface area contributed by atoms with Crippen molar-refractivity contribution < 1.29 is 9.21 Å². The van der Waals surface area contributed by atoms with Gasteiger partial charge in [-0.2, -0.15) is 0 Å². The molecule has 1 atom stereocenters. The van der Waals surface area contributed by atoms with Crippen LogP contribution in [0.15, 0.2) is 63.8 Å². The van der Waals surface area contributed by atoms with Crippen LogP contribution in [0.2, 0.25) is 0 Å². The van der Waals surface area contributed by atoms with Gasteiger partial charge in [0.1, 0.15) is 23.4 Å². The van der Waals surface area contributed by atoms with Crippen LogP contribution in [-0.2, 0) is 11.3 Å². The second kappa shape index (κ2) is 6.44. The maximum atomic E-state index is 12.4. The molecule has 2 aromatic carbocycles. The summed E-state index contributed by atoms with van der Waals surface area (Å²) in [6.07, 6.45) is 0. The molecule has 7 heteroatoms. The lowest BCUT2D eigenvalue weighted by atomic mass is 10.2. The summed E-state index contributed by atoms with van der Waals surface area (Å²) >= 11 is 0. The van der Waals surface area contributed by atoms with Crippen molar-refractivity contribution >= 4 is 27.8 Å². The smallest absolute Gasteiger partial charge is 0.278 e. The molecular weight excluding hydrogens is 332 g/mol. The van der Waals surface area contributed by atoms with E-state index in [1.165, 1.54) is 0 Å². The number of nitrogens with one attached hydrogen (secondary N) is 1. The van der Waals surface area contributed by atoms with E-state index in [9.17, 15) is 9.59 Å². The molecule has 0 radical (unpaired) electrons. The lowest BCUT2D eigenvalue weighted by Gasteiger charge is -2.11. The first-order valence-electron chi connectivity index (χ1n) is 8.22. The molecule has 0 aliphatic carbocycles. The minimum absolute atomic E-state index is 0.207. The van der Waals surface area contributed by atoms with E-state index in [1.807, 2.05) is 37.3 Å². The summed E-state index contributed by atoms with van der Waals surface area (Å²) in [4.78, 5) is 24.7. The molecule has 130 valence electrons. The van der Waals surface area contributed by atoms with Crippen LogP contribution < -0.4 is 10.9 Å². The summed E-state index contributed by atoms with van der Waals surface area (Å²) in [5.74, 6) is 0.307. The quantitative estimate of drug-likeness (QED) is 0.612. The molecule has 26 heavy (non-hydrogen) atoms. The second-order valence-corrected chi connectivity index (χ2v) is 6.05. The molecule has 0 aliphatic rings. The minimum Gasteiger partial charge on any atom is -0.459 e. The average molecular weight is 348 g/mol. The topological polar surface area (TPSA) is 90.0 Å². The van der Waals surface area contributed by atoms with E-state index in [4.69, 9.17) is 4.42 Å². The Morgan fingerprint density at radius 2 is 1.96 bits per heavy atom. The van der Waals surface area contributed by atoms with Gasteiger partial charge in [0.05, 0.1) is 11.4 Å². The largest absolute Gasteiger partial charge is 0.459 e. The summed E-state index contributed by atoms with van der Waals surface area (Å²) in [6, 6.07) is 16.1. The maximum Gasteiger partial charge on any atom is 0.278 e. The van der Waals surface area contributed by atoms with E-state index in [1.54, 1.807) is 24.3 Å². The van der Waals surface area contributed by atoms with Gasteiger partial charge >= 0.3 is 0 Å². The number of furan rings is 1. The van der Waals surface area contributed by atoms with Gasteiger partial charge in [-0.25, -0.2) is 4.68 Å². The third kappa shape index (κ3) is 2.95. The van der Waals surface area contributed by atoms with Crippen LogP contribution in [0.1, 0.15) is 18.7 Å². The number of carbonyl (C=O) groups is 1. The zero-order valence-electron chi connectivity index (χ0n) is 14.0. The molecule has 4 rings (SSSR count). The van der Waals surface area contributed by atoms with Crippen LogP contribution in [0.4, 0.5) is 0 Å². The zero-order valence-corrected chi connectivity index (χ0v) is 14.0. The standard InChI is InChI=1S/C19H16N4O3/c1-12(17-10-13-6-2-5-9-16(13)26-17)20-18(24)11-23-19(25)14-7-3-4-8-15(14)21-22-23/h2-10,12H,11H2,1H3,(H,20,24)/t12-/m1/s1. The van der Waals surface area contributed by atoms with Crippen molar-refractivity contribution in [3.8, 4) is 0 Å². The number of aromatic nitrogens is 3. The maximum absolute atomic E-state index is 12.4. The predicted molar refractivity (Wildman–Crippen MR) is 96.6 cm³/mol. The molecule has 0 fully saturated rings. The lowest BCUT2D eigenvalue weighted by molar-refractivity contribution is -0.122. The van der Waals surface area contributed by atoms with Gasteiger partial charge in [-0.3, -0.25) is 9.59 Å². The zero-order chi connectivity index (χ0) is 18.1. The number of hydrogen-bond donors (Lipinski definition) is 1. The van der Waals surface area contributed by atoms with Crippen LogP contribution >= 0.6 is 0 Å². The number of nitrogens with zero attached hydrogens (tertiary/aromatic N) is 3. The fourth-order valence-electron chi connectivity index (χ4n) is 2.84. The third-order valence-corrected chi connectivity index (χ3v) is 4.17. The van der Waals surface area contributed by atoms with Crippen LogP contribution in [0.5, 0.6) is 0 Å². The lowest BCUT2D eigenvalue weighted by Crippen LogP contribution is -2.35. The summed E-state index contributed by atoms with van der Waals surface area (Å²) in [7, 11) is 0. The Hall–Kier alpha value is -3.48. The van der Waals surface area contributed by atoms with Gasteiger partial charge < -0.3 is 9.73 Å². The van der Waals surface area contributed by atoms with Gasteiger partial charge in [0, 0.05) is 5.39 Å². The molecule has 0 saturated heterocycles. The van der Waals surface area contributed by atoms with Gasteiger partial charge in [-0.05, 0) is 31.2 Å². The van der Waals surface area contributed by atoms with E-state index in [-0.39, 0.29) is 24.1 Å². The molecule has 0 bridgehead atoms. The van der Waals surface area contributed by atoms with Gasteiger partial charge in [0.25, 0.3) is 5.56 Å². The predicted octanol–water partition coefficient (Wildman–Crippen LogP) is 2.42. The average Bonchev–Trinajstić information content (AvgIpc) is 3.09. The number of benzene rings is 2. The van der Waals surface area contributed by atoms with Crippen molar-refractivity contribution in [2.75, 3.05) is 0 Å². The number of hydrogen-bond acceptors (Lipinski definition) is 5. The highest BCUT2D eigenvalue weighted by Crippen LogP contribution is 2.23. The van der Waals surface area contributed by atoms with Crippen molar-refractivity contribution in [3.63, 3.8) is 0 Å². The van der Waals surface area contributed by atoms with Gasteiger partial charge in [-0.1, -0.05) is 35.5 Å². The first-order valence-corrected chi connectivity index (χ1v) is 8.22. The highest BCUT2D eigenvalue weighted by molar-refractivity contribution is 5.80. The monoisotopic (exact) mass is 348 g/mol. The van der Waals surface area contributed by atoms with E-state index in [2.05, 4.69) is 15.6 Å². The molecular formula is C19H16N4O3. The molecule has 0 spiro atoms. The molecule has 0 unspecified atom stereocenters. The molecule has 1 N–H and O–H groups in total. The highest BCUT2D eigenvalue weighted by Gasteiger charge is 2.16. The fourth-order valence-corrected chi connectivity index (χ4v) is 2.84. The molecule has 2 heterocycles. The summed E-state index contributed by atoms with van der Waals surface area (Å²) in [5, 5.41) is 12.0. The van der Waals surface area contributed by atoms with Crippen molar-refractivity contribution in [2.24, 2.45) is 0 Å². The van der Waals surface area contributed by atoms with Crippen molar-refractivity contribution in [2.45, 2.75) is 19.5 Å². The normalized spacial score (nSPS) is 12.3. The van der Waals surface area contributed by atoms with Crippen LogP contribution in [0.3, 0.4) is 0 Å². The van der Waals surface area contributed by atoms with Crippen LogP contribution in [0.25, 0.3) is 21.9 Å². The Labute approximate surface area is 148 Å². The van der Waals surface area contributed by atoms with Gasteiger partial charge in [-0.15, -0.1) is 5.10 Å². The Bertz CT molecular complexity index is 1130. The summed E-state index contributed by atoms with van der Waals surface area (Å²) in [5.41, 5.74) is 0.923. The first-order chi connectivity index (χ1) is 12.6. The summed E-state index contributed by atoms with van der Waals surface area (Å²) < 4.78 is 6.81. The number of para-hydroxylation sites is 1. The Morgan fingerprint density at radius 3 is 2.81 bits per heavy atom. The number of amides is 1. The SMILES string of the molecule is C[C@@H](NC(=O)Cn1nnc2ccccc2c1=O)c1cc2ccccc2o1. The molecule has 0 aliphatic heterocycles. The van der Waals surface area contributed by atoms with E-state index >= 15 is 0 Å². The minimum atomic E-state index is -0.345. The van der Waals surface area contributed by atoms with Crippen molar-refractivity contribution in [1.29, 1.82) is 0 Å². The Balaban J connectivity index is 1.51. The second-order valence-electron chi connectivity index (χ2n) is 6.05. The third-order valence-electron chi connectivity index (χ3n) is 4.17. The van der Waals surface area contributed by atoms with E-state index in [0.717, 1.165) is 15.7 Å². The Kier molecular flexibility index (Phi) is 3.96. The van der Waals surface area contributed by atoms with E-state index < -0.39 is 0 Å². The van der Waals surface area contributed by atoms with Crippen LogP contribution in [0, 0.1) is 0 Å². The fraction of sp³-hybridized carbons (Fsp3) is 0.158. The molecule has 0 saturated carbocycles. The molecule has 2 aromatic heterocycles. The van der Waals surface area contributed by atoms with Crippen molar-refractivity contribution in [1.82, 2.24) is 20.3 Å². The number of carbonyl (C=O) groups excluding carboxylic acids is 1. The molecule has 4 aromatic rings. The Morgan fingerprint density at radius 1 is 1.19 bits per heavy atom. The van der Waals surface area contributed by atoms with Crippen molar-refractivity contribution in [3.05, 3.63) is 70.7 Å². The van der Waals surface area contributed by atoms with E-state index in [0.29, 0.717) is 16.7 Å². The van der Waals surface area contributed by atoms with Gasteiger partial charge in [0.15, 0.2) is 0 Å². The molecule has 1 amide bonds. The number of rotatable bonds is 4.